The number of nitrogens with zero attached hydrogens (tertiary/aromatic N) is 1. The molecule has 2 rings (SSSR count). The molecule has 1 aliphatic heterocycles. The Labute approximate surface area is 103 Å². The number of carbonyl (C=O) groups is 2. The van der Waals surface area contributed by atoms with Gasteiger partial charge in [-0.1, -0.05) is 26.2 Å². The largest absolute Gasteiger partial charge is 0.345 e. The first-order chi connectivity index (χ1) is 8.22. The van der Waals surface area contributed by atoms with Gasteiger partial charge in [0.1, 0.15) is 0 Å². The van der Waals surface area contributed by atoms with Crippen LogP contribution in [-0.4, -0.2) is 35.8 Å². The van der Waals surface area contributed by atoms with E-state index < -0.39 is 0 Å². The molecule has 0 aromatic heterocycles. The first kappa shape index (κ1) is 12.4. The Hall–Kier alpha value is -1.06. The highest BCUT2D eigenvalue weighted by atomic mass is 16.2. The molecule has 2 aliphatic rings. The highest BCUT2D eigenvalue weighted by Gasteiger charge is 2.33. The fraction of sp³-hybridized carbons (Fsp3) is 0.846. The second-order valence-electron chi connectivity index (χ2n) is 5.17. The van der Waals surface area contributed by atoms with Crippen LogP contribution in [-0.2, 0) is 9.59 Å². The average molecular weight is 238 g/mol. The lowest BCUT2D eigenvalue weighted by atomic mass is 9.82. The van der Waals surface area contributed by atoms with E-state index in [-0.39, 0.29) is 30.9 Å². The molecule has 1 atom stereocenters. The standard InChI is InChI=1S/C13H22N2O2/c1-2-11(10-6-4-3-5-7-10)15-9-12(16)14-8-13(15)17/h10-11H,2-9H2,1H3,(H,14,16). The quantitative estimate of drug-likeness (QED) is 0.805. The molecule has 96 valence electrons. The van der Waals surface area contributed by atoms with Crippen molar-refractivity contribution in [3.05, 3.63) is 0 Å². The number of nitrogens with one attached hydrogen (secondary N) is 1. The van der Waals surface area contributed by atoms with Crippen molar-refractivity contribution in [3.63, 3.8) is 0 Å². The molecule has 1 unspecified atom stereocenters. The smallest absolute Gasteiger partial charge is 0.242 e. The number of carbonyl (C=O) groups excluding carboxylic acids is 2. The molecule has 0 aromatic carbocycles. The lowest BCUT2D eigenvalue weighted by molar-refractivity contribution is -0.144. The van der Waals surface area contributed by atoms with Gasteiger partial charge < -0.3 is 10.2 Å². The number of piperazine rings is 1. The minimum atomic E-state index is -0.0149. The summed E-state index contributed by atoms with van der Waals surface area (Å²) in [6, 6.07) is 0.272. The third-order valence-corrected chi connectivity index (χ3v) is 4.08. The van der Waals surface area contributed by atoms with Crippen LogP contribution in [0.15, 0.2) is 0 Å². The van der Waals surface area contributed by atoms with Crippen LogP contribution in [0.5, 0.6) is 0 Å². The molecule has 1 aliphatic carbocycles. The van der Waals surface area contributed by atoms with Crippen LogP contribution in [0, 0.1) is 5.92 Å². The summed E-state index contributed by atoms with van der Waals surface area (Å²) >= 11 is 0. The van der Waals surface area contributed by atoms with E-state index >= 15 is 0 Å². The van der Waals surface area contributed by atoms with Crippen molar-refractivity contribution in [2.75, 3.05) is 13.1 Å². The molecule has 0 spiro atoms. The second kappa shape index (κ2) is 5.52. The summed E-state index contributed by atoms with van der Waals surface area (Å²) < 4.78 is 0. The summed E-state index contributed by atoms with van der Waals surface area (Å²) in [6.07, 6.45) is 7.25. The van der Waals surface area contributed by atoms with Gasteiger partial charge in [0.25, 0.3) is 0 Å². The van der Waals surface area contributed by atoms with Gasteiger partial charge in [0.05, 0.1) is 13.1 Å². The molecular weight excluding hydrogens is 216 g/mol. The Morgan fingerprint density at radius 2 is 2.00 bits per heavy atom. The Balaban J connectivity index is 2.04. The summed E-state index contributed by atoms with van der Waals surface area (Å²) in [6.45, 7) is 2.56. The van der Waals surface area contributed by atoms with Gasteiger partial charge in [0.15, 0.2) is 0 Å². The number of rotatable bonds is 3. The van der Waals surface area contributed by atoms with E-state index in [2.05, 4.69) is 12.2 Å². The summed E-state index contributed by atoms with van der Waals surface area (Å²) in [7, 11) is 0. The van der Waals surface area contributed by atoms with Crippen molar-refractivity contribution < 1.29 is 9.59 Å². The van der Waals surface area contributed by atoms with E-state index in [0.29, 0.717) is 5.92 Å². The second-order valence-corrected chi connectivity index (χ2v) is 5.17. The third kappa shape index (κ3) is 2.79. The zero-order chi connectivity index (χ0) is 12.3. The lowest BCUT2D eigenvalue weighted by Crippen LogP contribution is -2.56. The van der Waals surface area contributed by atoms with Gasteiger partial charge in [-0.15, -0.1) is 0 Å². The van der Waals surface area contributed by atoms with E-state index in [0.717, 1.165) is 6.42 Å². The maximum atomic E-state index is 11.9. The van der Waals surface area contributed by atoms with Crippen LogP contribution < -0.4 is 5.32 Å². The van der Waals surface area contributed by atoms with Gasteiger partial charge in [0.2, 0.25) is 11.8 Å². The predicted octanol–water partition coefficient (Wildman–Crippen LogP) is 1.30. The van der Waals surface area contributed by atoms with Crippen LogP contribution in [0.2, 0.25) is 0 Å². The summed E-state index contributed by atoms with van der Waals surface area (Å²) in [4.78, 5) is 25.1. The first-order valence-corrected chi connectivity index (χ1v) is 6.78. The molecule has 2 amide bonds. The van der Waals surface area contributed by atoms with Crippen molar-refractivity contribution in [3.8, 4) is 0 Å². The Kier molecular flexibility index (Phi) is 4.02. The van der Waals surface area contributed by atoms with Gasteiger partial charge in [-0.05, 0) is 25.2 Å². The lowest BCUT2D eigenvalue weighted by Gasteiger charge is -2.39. The zero-order valence-corrected chi connectivity index (χ0v) is 10.6. The van der Waals surface area contributed by atoms with Crippen LogP contribution in [0.4, 0.5) is 0 Å². The monoisotopic (exact) mass is 238 g/mol. The minimum Gasteiger partial charge on any atom is -0.345 e. The summed E-state index contributed by atoms with van der Waals surface area (Å²) in [5.41, 5.74) is 0. The molecule has 1 saturated heterocycles. The van der Waals surface area contributed by atoms with Crippen molar-refractivity contribution in [2.24, 2.45) is 5.92 Å². The zero-order valence-electron chi connectivity index (χ0n) is 10.6. The van der Waals surface area contributed by atoms with Gasteiger partial charge in [-0.3, -0.25) is 9.59 Å². The average Bonchev–Trinajstić information content (AvgIpc) is 2.36. The fourth-order valence-electron chi connectivity index (χ4n) is 3.20. The Bertz CT molecular complexity index is 298. The number of amides is 2. The van der Waals surface area contributed by atoms with Crippen molar-refractivity contribution in [2.45, 2.75) is 51.5 Å². The molecule has 1 heterocycles. The minimum absolute atomic E-state index is 0.0149. The molecule has 0 bridgehead atoms. The van der Waals surface area contributed by atoms with Crippen LogP contribution in [0.25, 0.3) is 0 Å². The summed E-state index contributed by atoms with van der Waals surface area (Å²) in [5.74, 6) is 0.671. The molecule has 4 nitrogen and oxygen atoms in total. The van der Waals surface area contributed by atoms with Crippen molar-refractivity contribution in [1.82, 2.24) is 10.2 Å². The van der Waals surface area contributed by atoms with Crippen molar-refractivity contribution >= 4 is 11.8 Å². The Morgan fingerprint density at radius 3 is 2.65 bits per heavy atom. The van der Waals surface area contributed by atoms with Gasteiger partial charge in [-0.25, -0.2) is 0 Å². The van der Waals surface area contributed by atoms with Crippen LogP contribution in [0.3, 0.4) is 0 Å². The maximum absolute atomic E-state index is 11.9. The van der Waals surface area contributed by atoms with E-state index in [1.165, 1.54) is 32.1 Å². The normalized spacial score (nSPS) is 24.6. The van der Waals surface area contributed by atoms with E-state index in [4.69, 9.17) is 0 Å². The van der Waals surface area contributed by atoms with Gasteiger partial charge in [-0.2, -0.15) is 0 Å². The fourth-order valence-corrected chi connectivity index (χ4v) is 3.20. The maximum Gasteiger partial charge on any atom is 0.242 e. The topological polar surface area (TPSA) is 49.4 Å². The highest BCUT2D eigenvalue weighted by Crippen LogP contribution is 2.30. The predicted molar refractivity (Wildman–Crippen MR) is 65.4 cm³/mol. The molecule has 0 radical (unpaired) electrons. The molecule has 4 heteroatoms. The van der Waals surface area contributed by atoms with Gasteiger partial charge >= 0.3 is 0 Å². The molecule has 1 N–H and O–H groups in total. The van der Waals surface area contributed by atoms with Crippen LogP contribution >= 0.6 is 0 Å². The third-order valence-electron chi connectivity index (χ3n) is 4.08. The van der Waals surface area contributed by atoms with Crippen LogP contribution in [0.1, 0.15) is 45.4 Å². The number of hydrogen-bond donors (Lipinski definition) is 1. The number of hydrogen-bond acceptors (Lipinski definition) is 2. The molecule has 17 heavy (non-hydrogen) atoms. The van der Waals surface area contributed by atoms with E-state index in [9.17, 15) is 9.59 Å². The highest BCUT2D eigenvalue weighted by molar-refractivity contribution is 5.92. The van der Waals surface area contributed by atoms with E-state index in [1.54, 1.807) is 0 Å². The van der Waals surface area contributed by atoms with E-state index in [1.807, 2.05) is 4.90 Å². The van der Waals surface area contributed by atoms with Gasteiger partial charge in [0, 0.05) is 6.04 Å². The Morgan fingerprint density at radius 1 is 1.29 bits per heavy atom. The molecule has 1 saturated carbocycles. The summed E-state index contributed by atoms with van der Waals surface area (Å²) in [5, 5.41) is 2.61. The van der Waals surface area contributed by atoms with Crippen molar-refractivity contribution in [1.29, 1.82) is 0 Å². The molecule has 2 fully saturated rings. The molecule has 0 aromatic rings. The first-order valence-electron chi connectivity index (χ1n) is 6.78. The molecular formula is C13H22N2O2. The SMILES string of the molecule is CCC(C1CCCCC1)N1CC(=O)NCC1=O.